The molecule has 0 fully saturated rings. The van der Waals surface area contributed by atoms with Gasteiger partial charge in [-0.3, -0.25) is 9.59 Å². The van der Waals surface area contributed by atoms with E-state index in [1.54, 1.807) is 13.8 Å². The second-order valence-electron chi connectivity index (χ2n) is 4.96. The lowest BCUT2D eigenvalue weighted by atomic mass is 10.1. The maximum atomic E-state index is 11.9. The van der Waals surface area contributed by atoms with Crippen LogP contribution < -0.4 is 23.5 Å². The second kappa shape index (κ2) is 15.2. The van der Waals surface area contributed by atoms with Crippen molar-refractivity contribution in [2.24, 2.45) is 0 Å². The van der Waals surface area contributed by atoms with E-state index < -0.39 is 18.1 Å². The highest BCUT2D eigenvalue weighted by molar-refractivity contribution is 5.77. The van der Waals surface area contributed by atoms with E-state index in [0.29, 0.717) is 32.4 Å². The van der Waals surface area contributed by atoms with E-state index in [4.69, 9.17) is 9.47 Å². The van der Waals surface area contributed by atoms with Gasteiger partial charge in [-0.1, -0.05) is 0 Å². The van der Waals surface area contributed by atoms with Gasteiger partial charge in [-0.2, -0.15) is 0 Å². The van der Waals surface area contributed by atoms with Crippen molar-refractivity contribution in [1.29, 1.82) is 0 Å². The Morgan fingerprint density at radius 3 is 2.21 bits per heavy atom. The predicted octanol–water partition coefficient (Wildman–Crippen LogP) is -3.58. The van der Waals surface area contributed by atoms with Crippen LogP contribution in [0, 0.1) is 0 Å². The largest absolute Gasteiger partial charge is 1.00 e. The van der Waals surface area contributed by atoms with Crippen molar-refractivity contribution in [2.75, 3.05) is 26.9 Å². The first-order valence-electron chi connectivity index (χ1n) is 7.92. The zero-order valence-electron chi connectivity index (χ0n) is 14.6. The lowest BCUT2D eigenvalue weighted by molar-refractivity contribution is -0.409. The number of esters is 3. The molecule has 24 heavy (non-hydrogen) atoms. The number of methoxy groups -OCH3 is 1. The molecule has 0 aliphatic rings. The van der Waals surface area contributed by atoms with E-state index >= 15 is 0 Å². The highest BCUT2D eigenvalue weighted by atomic mass is 35.5. The first-order valence-corrected chi connectivity index (χ1v) is 7.92. The number of quaternary nitrogens is 1. The van der Waals surface area contributed by atoms with Crippen LogP contribution in [0.15, 0.2) is 0 Å². The third kappa shape index (κ3) is 11.2. The molecule has 4 N–H and O–H groups in total. The van der Waals surface area contributed by atoms with Gasteiger partial charge in [0.1, 0.15) is 6.04 Å². The standard InChI is InChI=1S/C15H28N2O6.ClH/c1-4-22-13(18)9-8-12(15(20)23-5-2)17-10-6-7-11(16)14(19)21-3;/h11-12,17H,4-10,16H2,1-3H3;1H/t11-,12?;/m0./s1. The number of rotatable bonds is 12. The van der Waals surface area contributed by atoms with Gasteiger partial charge in [0.2, 0.25) is 0 Å². The third-order valence-electron chi connectivity index (χ3n) is 3.17. The van der Waals surface area contributed by atoms with Gasteiger partial charge in [0, 0.05) is 12.8 Å². The van der Waals surface area contributed by atoms with Crippen molar-refractivity contribution in [3.63, 3.8) is 0 Å². The number of halogens is 1. The van der Waals surface area contributed by atoms with E-state index in [1.165, 1.54) is 7.11 Å². The summed E-state index contributed by atoms with van der Waals surface area (Å²) in [5.41, 5.74) is 3.71. The molecule has 0 saturated heterocycles. The van der Waals surface area contributed by atoms with Crippen LogP contribution in [0.1, 0.15) is 39.5 Å². The van der Waals surface area contributed by atoms with Crippen molar-refractivity contribution < 1.29 is 46.7 Å². The summed E-state index contributed by atoms with van der Waals surface area (Å²) in [5, 5.41) is 3.05. The molecule has 0 rings (SSSR count). The fourth-order valence-corrected chi connectivity index (χ4v) is 1.95. The second-order valence-corrected chi connectivity index (χ2v) is 4.96. The number of ether oxygens (including phenoxy) is 3. The topological polar surface area (TPSA) is 119 Å². The predicted molar refractivity (Wildman–Crippen MR) is 82.2 cm³/mol. The first-order chi connectivity index (χ1) is 11.0. The average Bonchev–Trinajstić information content (AvgIpc) is 2.53. The number of nitrogens with one attached hydrogen (secondary N) is 1. The van der Waals surface area contributed by atoms with E-state index in [1.807, 2.05) is 0 Å². The summed E-state index contributed by atoms with van der Waals surface area (Å²) in [6.07, 6.45) is 1.65. The van der Waals surface area contributed by atoms with Gasteiger partial charge in [0.15, 0.2) is 6.04 Å². The Morgan fingerprint density at radius 1 is 1.04 bits per heavy atom. The van der Waals surface area contributed by atoms with Crippen molar-refractivity contribution in [3.05, 3.63) is 0 Å². The summed E-state index contributed by atoms with van der Waals surface area (Å²) < 4.78 is 14.4. The van der Waals surface area contributed by atoms with Gasteiger partial charge >= 0.3 is 17.9 Å². The third-order valence-corrected chi connectivity index (χ3v) is 3.17. The van der Waals surface area contributed by atoms with Crippen LogP contribution in [0.4, 0.5) is 0 Å². The monoisotopic (exact) mass is 368 g/mol. The van der Waals surface area contributed by atoms with Gasteiger partial charge in [-0.15, -0.1) is 0 Å². The molecule has 142 valence electrons. The molecule has 0 aromatic rings. The Hall–Kier alpha value is -1.38. The normalized spacial score (nSPS) is 12.5. The fourth-order valence-electron chi connectivity index (χ4n) is 1.95. The van der Waals surface area contributed by atoms with Gasteiger partial charge in [-0.05, 0) is 33.2 Å². The lowest BCUT2D eigenvalue weighted by Gasteiger charge is -2.17. The SMILES string of the molecule is CCOC(=O)CCC(NCCC[C@H]([NH3+])C(=O)OC)C(=O)OCC.[Cl-]. The van der Waals surface area contributed by atoms with Gasteiger partial charge in [0.05, 0.1) is 20.3 Å². The highest BCUT2D eigenvalue weighted by Crippen LogP contribution is 2.03. The zero-order chi connectivity index (χ0) is 17.7. The van der Waals surface area contributed by atoms with E-state index in [2.05, 4.69) is 15.8 Å². The molecule has 1 unspecified atom stereocenters. The minimum atomic E-state index is -0.569. The number of hydrogen-bond donors (Lipinski definition) is 2. The van der Waals surface area contributed by atoms with Crippen LogP contribution in [-0.2, 0) is 28.6 Å². The molecule has 0 amide bonds. The summed E-state index contributed by atoms with van der Waals surface area (Å²) >= 11 is 0. The minimum Gasteiger partial charge on any atom is -1.00 e. The Balaban J connectivity index is 0. The summed E-state index contributed by atoms with van der Waals surface area (Å²) in [6, 6.07) is -0.997. The Bertz CT molecular complexity index is 381. The maximum Gasteiger partial charge on any atom is 0.364 e. The number of carbonyl (C=O) groups excluding carboxylic acids is 3. The van der Waals surface area contributed by atoms with Crippen molar-refractivity contribution in [3.8, 4) is 0 Å². The molecule has 8 nitrogen and oxygen atoms in total. The molecular weight excluding hydrogens is 340 g/mol. The molecule has 0 radical (unpaired) electrons. The molecule has 0 aromatic heterocycles. The zero-order valence-corrected chi connectivity index (χ0v) is 15.4. The van der Waals surface area contributed by atoms with Crippen LogP contribution in [0.2, 0.25) is 0 Å². The van der Waals surface area contributed by atoms with Gasteiger partial charge < -0.3 is 37.7 Å². The van der Waals surface area contributed by atoms with E-state index in [9.17, 15) is 14.4 Å². The number of carbonyl (C=O) groups is 3. The van der Waals surface area contributed by atoms with Crippen molar-refractivity contribution in [1.82, 2.24) is 5.32 Å². The van der Waals surface area contributed by atoms with E-state index in [0.717, 1.165) is 0 Å². The Labute approximate surface area is 149 Å². The average molecular weight is 369 g/mol. The van der Waals surface area contributed by atoms with Crippen LogP contribution in [0.3, 0.4) is 0 Å². The summed E-state index contributed by atoms with van der Waals surface area (Å²) in [6.45, 7) is 4.56. The molecule has 0 aliphatic heterocycles. The quantitative estimate of drug-likeness (QED) is 0.208. The number of hydrogen-bond acceptors (Lipinski definition) is 7. The summed E-state index contributed by atoms with van der Waals surface area (Å²) in [5.74, 6) is -1.09. The molecule has 0 heterocycles. The fraction of sp³-hybridized carbons (Fsp3) is 0.800. The van der Waals surface area contributed by atoms with Crippen molar-refractivity contribution >= 4 is 17.9 Å². The molecule has 2 atom stereocenters. The van der Waals surface area contributed by atoms with Crippen LogP contribution in [0.5, 0.6) is 0 Å². The summed E-state index contributed by atoms with van der Waals surface area (Å²) in [7, 11) is 1.32. The molecule has 0 spiro atoms. The van der Waals surface area contributed by atoms with Gasteiger partial charge in [-0.25, -0.2) is 4.79 Å². The van der Waals surface area contributed by atoms with Crippen LogP contribution in [0.25, 0.3) is 0 Å². The first kappa shape index (κ1) is 24.9. The molecule has 0 saturated carbocycles. The molecular formula is C15H29ClN2O6. The Kier molecular flexibility index (Phi) is 15.7. The minimum absolute atomic E-state index is 0. The smallest absolute Gasteiger partial charge is 0.364 e. The molecule has 9 heteroatoms. The van der Waals surface area contributed by atoms with Crippen LogP contribution >= 0.6 is 0 Å². The van der Waals surface area contributed by atoms with Crippen LogP contribution in [-0.4, -0.2) is 56.9 Å². The molecule has 0 bridgehead atoms. The highest BCUT2D eigenvalue weighted by Gasteiger charge is 2.21. The van der Waals surface area contributed by atoms with Crippen molar-refractivity contribution in [2.45, 2.75) is 51.6 Å². The Morgan fingerprint density at radius 2 is 1.67 bits per heavy atom. The van der Waals surface area contributed by atoms with E-state index in [-0.39, 0.29) is 37.4 Å². The van der Waals surface area contributed by atoms with Gasteiger partial charge in [0.25, 0.3) is 0 Å². The molecule has 0 aliphatic carbocycles. The summed E-state index contributed by atoms with van der Waals surface area (Å²) in [4.78, 5) is 34.5. The lowest BCUT2D eigenvalue weighted by Crippen LogP contribution is -3.00. The molecule has 0 aromatic carbocycles. The maximum absolute atomic E-state index is 11.9.